The second-order valence-electron chi connectivity index (χ2n) is 4.42. The van der Waals surface area contributed by atoms with Gasteiger partial charge in [-0.1, -0.05) is 30.3 Å². The number of nitrogens with zero attached hydrogens (tertiary/aromatic N) is 5. The normalized spacial score (nSPS) is 10.4. The van der Waals surface area contributed by atoms with Crippen LogP contribution in [0.5, 0.6) is 0 Å². The fourth-order valence-electron chi connectivity index (χ4n) is 1.77. The first-order valence-electron chi connectivity index (χ1n) is 6.45. The van der Waals surface area contributed by atoms with E-state index in [1.165, 1.54) is 4.80 Å². The van der Waals surface area contributed by atoms with Gasteiger partial charge < -0.3 is 5.32 Å². The van der Waals surface area contributed by atoms with Crippen LogP contribution in [-0.4, -0.2) is 31.1 Å². The third kappa shape index (κ3) is 3.53. The van der Waals surface area contributed by atoms with Crippen molar-refractivity contribution in [1.29, 1.82) is 0 Å². The topological polar surface area (TPSA) is 85.6 Å². The van der Waals surface area contributed by atoms with Crippen LogP contribution in [0.4, 0.5) is 5.82 Å². The second-order valence-corrected chi connectivity index (χ2v) is 5.33. The Morgan fingerprint density at radius 1 is 1.18 bits per heavy atom. The van der Waals surface area contributed by atoms with Gasteiger partial charge in [0.1, 0.15) is 12.4 Å². The molecule has 1 aromatic carbocycles. The third-order valence-electron chi connectivity index (χ3n) is 2.76. The van der Waals surface area contributed by atoms with Crippen LogP contribution in [0.3, 0.4) is 0 Å². The van der Waals surface area contributed by atoms with Crippen molar-refractivity contribution < 1.29 is 4.79 Å². The first-order valence-corrected chi connectivity index (χ1v) is 7.24. The van der Waals surface area contributed by atoms with Crippen molar-refractivity contribution in [1.82, 2.24) is 25.2 Å². The van der Waals surface area contributed by atoms with E-state index in [0.717, 1.165) is 10.0 Å². The molecule has 2 heterocycles. The molecule has 0 aliphatic carbocycles. The number of hydrogen-bond acceptors (Lipinski definition) is 5. The summed E-state index contributed by atoms with van der Waals surface area (Å²) in [6.45, 7) is -0.0302. The highest BCUT2D eigenvalue weighted by Crippen LogP contribution is 2.12. The summed E-state index contributed by atoms with van der Waals surface area (Å²) in [5.41, 5.74) is 0.851. The minimum atomic E-state index is -0.271. The van der Waals surface area contributed by atoms with Crippen LogP contribution in [0, 0.1) is 0 Å². The largest absolute Gasteiger partial charge is 0.309 e. The number of carbonyl (C=O) groups is 1. The summed E-state index contributed by atoms with van der Waals surface area (Å²) in [7, 11) is 0. The lowest BCUT2D eigenvalue weighted by atomic mass is 10.2. The number of benzene rings is 1. The van der Waals surface area contributed by atoms with Crippen molar-refractivity contribution in [2.75, 3.05) is 5.32 Å². The molecule has 0 aliphatic rings. The predicted octanol–water partition coefficient (Wildman–Crippen LogP) is 2.14. The second kappa shape index (κ2) is 6.44. The molecule has 1 N–H and O–H groups in total. The molecule has 0 fully saturated rings. The molecule has 3 rings (SSSR count). The van der Waals surface area contributed by atoms with Crippen LogP contribution in [0.2, 0.25) is 0 Å². The van der Waals surface area contributed by atoms with Crippen LogP contribution < -0.4 is 5.32 Å². The summed E-state index contributed by atoms with van der Waals surface area (Å²) >= 11 is 3.28. The molecule has 2 aromatic heterocycles. The Kier molecular flexibility index (Phi) is 4.19. The molecule has 0 atom stereocenters. The number of amides is 1. The SMILES string of the molecule is O=C(Cn1nnc(-c2ccccc2)n1)Nc1ccc(Br)cn1. The summed E-state index contributed by atoms with van der Waals surface area (Å²) in [4.78, 5) is 17.2. The molecule has 110 valence electrons. The number of aromatic nitrogens is 5. The Balaban J connectivity index is 1.65. The Hall–Kier alpha value is -2.61. The van der Waals surface area contributed by atoms with E-state index in [1.807, 2.05) is 30.3 Å². The van der Waals surface area contributed by atoms with Gasteiger partial charge in [-0.2, -0.15) is 4.80 Å². The summed E-state index contributed by atoms with van der Waals surface area (Å²) in [6.07, 6.45) is 1.61. The van der Waals surface area contributed by atoms with Gasteiger partial charge in [0.2, 0.25) is 11.7 Å². The number of hydrogen-bond donors (Lipinski definition) is 1. The Bertz CT molecular complexity index is 772. The van der Waals surface area contributed by atoms with E-state index in [2.05, 4.69) is 41.6 Å². The lowest BCUT2D eigenvalue weighted by Crippen LogP contribution is -2.21. The maximum atomic E-state index is 11.9. The summed E-state index contributed by atoms with van der Waals surface area (Å²) < 4.78 is 0.843. The van der Waals surface area contributed by atoms with Gasteiger partial charge in [0.15, 0.2) is 0 Å². The fraction of sp³-hybridized carbons (Fsp3) is 0.0714. The average molecular weight is 359 g/mol. The molecule has 0 radical (unpaired) electrons. The lowest BCUT2D eigenvalue weighted by Gasteiger charge is -2.03. The number of pyridine rings is 1. The zero-order chi connectivity index (χ0) is 15.4. The zero-order valence-corrected chi connectivity index (χ0v) is 12.9. The van der Waals surface area contributed by atoms with Gasteiger partial charge in [-0.3, -0.25) is 4.79 Å². The molecule has 0 spiro atoms. The van der Waals surface area contributed by atoms with E-state index in [0.29, 0.717) is 11.6 Å². The lowest BCUT2D eigenvalue weighted by molar-refractivity contribution is -0.117. The van der Waals surface area contributed by atoms with Gasteiger partial charge in [-0.05, 0) is 33.3 Å². The number of anilines is 1. The van der Waals surface area contributed by atoms with E-state index < -0.39 is 0 Å². The number of carbonyl (C=O) groups excluding carboxylic acids is 1. The molecular formula is C14H11BrN6O. The van der Waals surface area contributed by atoms with E-state index in [-0.39, 0.29) is 12.5 Å². The molecule has 8 heteroatoms. The quantitative estimate of drug-likeness (QED) is 0.771. The highest BCUT2D eigenvalue weighted by Gasteiger charge is 2.09. The summed E-state index contributed by atoms with van der Waals surface area (Å²) in [6, 6.07) is 13.0. The third-order valence-corrected chi connectivity index (χ3v) is 3.23. The van der Waals surface area contributed by atoms with E-state index >= 15 is 0 Å². The first kappa shape index (κ1) is 14.3. The van der Waals surface area contributed by atoms with Gasteiger partial charge in [0.25, 0.3) is 0 Å². The van der Waals surface area contributed by atoms with E-state index in [4.69, 9.17) is 0 Å². The minimum absolute atomic E-state index is 0.0302. The number of rotatable bonds is 4. The number of nitrogens with one attached hydrogen (secondary N) is 1. The van der Waals surface area contributed by atoms with Crippen molar-refractivity contribution in [3.8, 4) is 11.4 Å². The molecule has 1 amide bonds. The maximum absolute atomic E-state index is 11.9. The van der Waals surface area contributed by atoms with Crippen LogP contribution in [0.15, 0.2) is 53.1 Å². The molecule has 7 nitrogen and oxygen atoms in total. The first-order chi connectivity index (χ1) is 10.7. The van der Waals surface area contributed by atoms with Crippen molar-refractivity contribution >= 4 is 27.7 Å². The highest BCUT2D eigenvalue weighted by molar-refractivity contribution is 9.10. The van der Waals surface area contributed by atoms with Gasteiger partial charge >= 0.3 is 0 Å². The van der Waals surface area contributed by atoms with Crippen LogP contribution in [0.1, 0.15) is 0 Å². The van der Waals surface area contributed by atoms with Crippen molar-refractivity contribution in [2.24, 2.45) is 0 Å². The molecule has 0 aliphatic heterocycles. The monoisotopic (exact) mass is 358 g/mol. The molecule has 22 heavy (non-hydrogen) atoms. The number of halogens is 1. The van der Waals surface area contributed by atoms with Gasteiger partial charge in [0.05, 0.1) is 0 Å². The van der Waals surface area contributed by atoms with Crippen LogP contribution in [0.25, 0.3) is 11.4 Å². The fourth-order valence-corrected chi connectivity index (χ4v) is 2.01. The summed E-state index contributed by atoms with van der Waals surface area (Å²) in [5, 5.41) is 14.7. The minimum Gasteiger partial charge on any atom is -0.309 e. The Morgan fingerprint density at radius 2 is 2.00 bits per heavy atom. The molecule has 0 saturated heterocycles. The Morgan fingerprint density at radius 3 is 2.73 bits per heavy atom. The maximum Gasteiger partial charge on any atom is 0.249 e. The highest BCUT2D eigenvalue weighted by atomic mass is 79.9. The van der Waals surface area contributed by atoms with Crippen LogP contribution in [-0.2, 0) is 11.3 Å². The average Bonchev–Trinajstić information content (AvgIpc) is 2.99. The number of tetrazole rings is 1. The molecule has 3 aromatic rings. The van der Waals surface area contributed by atoms with Crippen molar-refractivity contribution in [3.05, 3.63) is 53.1 Å². The molecule has 0 bridgehead atoms. The van der Waals surface area contributed by atoms with Gasteiger partial charge in [-0.25, -0.2) is 4.98 Å². The molecule has 0 saturated carbocycles. The Labute approximate surface area is 134 Å². The standard InChI is InChI=1S/C14H11BrN6O/c15-11-6-7-12(16-8-11)17-13(22)9-21-19-14(18-20-21)10-4-2-1-3-5-10/h1-8H,9H2,(H,16,17,22). The molecular weight excluding hydrogens is 348 g/mol. The van der Waals surface area contributed by atoms with Gasteiger partial charge in [0, 0.05) is 16.2 Å². The zero-order valence-electron chi connectivity index (χ0n) is 11.3. The molecule has 0 unspecified atom stereocenters. The van der Waals surface area contributed by atoms with Gasteiger partial charge in [-0.15, -0.1) is 10.2 Å². The van der Waals surface area contributed by atoms with Crippen LogP contribution >= 0.6 is 15.9 Å². The predicted molar refractivity (Wildman–Crippen MR) is 83.8 cm³/mol. The van der Waals surface area contributed by atoms with Crippen molar-refractivity contribution in [3.63, 3.8) is 0 Å². The van der Waals surface area contributed by atoms with E-state index in [1.54, 1.807) is 18.3 Å². The smallest absolute Gasteiger partial charge is 0.249 e. The summed E-state index contributed by atoms with van der Waals surface area (Å²) in [5.74, 6) is 0.679. The van der Waals surface area contributed by atoms with E-state index in [9.17, 15) is 4.79 Å². The van der Waals surface area contributed by atoms with Crippen molar-refractivity contribution in [2.45, 2.75) is 6.54 Å².